The number of nitrogens with zero attached hydrogens (tertiary/aromatic N) is 2. The molecular formula is C24H22FN3O3. The van der Waals surface area contributed by atoms with Crippen LogP contribution >= 0.6 is 0 Å². The standard InChI is InChI=1S/C24H22FN3O3/c25-18-8-6-17(7-9-18)23(29)26-19-10-11-22(21(16-19)24(30)31)28-14-12-27(13-15-28)20-4-2-1-3-5-20/h1-11,16H,12-15H2,(H,26,29)(H,30,31). The van der Waals surface area contributed by atoms with Crippen LogP contribution in [0.4, 0.5) is 21.5 Å². The Balaban J connectivity index is 1.48. The van der Waals surface area contributed by atoms with E-state index in [-0.39, 0.29) is 5.56 Å². The van der Waals surface area contributed by atoms with Crippen LogP contribution in [-0.2, 0) is 0 Å². The summed E-state index contributed by atoms with van der Waals surface area (Å²) in [6, 6.07) is 20.2. The van der Waals surface area contributed by atoms with Crippen LogP contribution in [0.3, 0.4) is 0 Å². The van der Waals surface area contributed by atoms with Gasteiger partial charge in [0, 0.05) is 43.1 Å². The highest BCUT2D eigenvalue weighted by Gasteiger charge is 2.22. The number of carboxylic acid groups (broad SMARTS) is 1. The smallest absolute Gasteiger partial charge is 0.337 e. The van der Waals surface area contributed by atoms with Gasteiger partial charge in [0.25, 0.3) is 5.91 Å². The van der Waals surface area contributed by atoms with Crippen molar-refractivity contribution in [3.63, 3.8) is 0 Å². The molecule has 0 atom stereocenters. The van der Waals surface area contributed by atoms with Gasteiger partial charge in [0.15, 0.2) is 0 Å². The number of piperazine rings is 1. The Kier molecular flexibility index (Phi) is 5.84. The summed E-state index contributed by atoms with van der Waals surface area (Å²) in [5.41, 5.74) is 2.57. The molecule has 0 bridgehead atoms. The molecule has 1 saturated heterocycles. The lowest BCUT2D eigenvalue weighted by Crippen LogP contribution is -2.47. The number of aromatic carboxylic acids is 1. The average Bonchev–Trinajstić information content (AvgIpc) is 2.80. The van der Waals surface area contributed by atoms with Crippen molar-refractivity contribution >= 4 is 28.9 Å². The fourth-order valence-corrected chi connectivity index (χ4v) is 3.71. The fourth-order valence-electron chi connectivity index (χ4n) is 3.71. The summed E-state index contributed by atoms with van der Waals surface area (Å²) in [7, 11) is 0. The SMILES string of the molecule is O=C(Nc1ccc(N2CCN(c3ccccc3)CC2)c(C(=O)O)c1)c1ccc(F)cc1. The summed E-state index contributed by atoms with van der Waals surface area (Å²) in [6.07, 6.45) is 0. The van der Waals surface area contributed by atoms with Gasteiger partial charge < -0.3 is 20.2 Å². The van der Waals surface area contributed by atoms with Gasteiger partial charge in [0.05, 0.1) is 11.3 Å². The zero-order valence-corrected chi connectivity index (χ0v) is 16.8. The molecule has 158 valence electrons. The van der Waals surface area contributed by atoms with Gasteiger partial charge in [-0.2, -0.15) is 0 Å². The monoisotopic (exact) mass is 419 g/mol. The molecule has 1 fully saturated rings. The third kappa shape index (κ3) is 4.66. The second kappa shape index (κ2) is 8.87. The van der Waals surface area contributed by atoms with Gasteiger partial charge in [0.2, 0.25) is 0 Å². The molecule has 3 aromatic rings. The van der Waals surface area contributed by atoms with E-state index in [0.29, 0.717) is 30.0 Å². The number of hydrogen-bond donors (Lipinski definition) is 2. The molecule has 0 aliphatic carbocycles. The van der Waals surface area contributed by atoms with Gasteiger partial charge in [-0.1, -0.05) is 18.2 Å². The number of para-hydroxylation sites is 1. The van der Waals surface area contributed by atoms with Crippen molar-refractivity contribution in [3.8, 4) is 0 Å². The summed E-state index contributed by atoms with van der Waals surface area (Å²) in [6.45, 7) is 2.95. The minimum atomic E-state index is -1.06. The second-order valence-corrected chi connectivity index (χ2v) is 7.31. The highest BCUT2D eigenvalue weighted by Crippen LogP contribution is 2.27. The van der Waals surface area contributed by atoms with E-state index in [2.05, 4.69) is 27.2 Å². The van der Waals surface area contributed by atoms with E-state index < -0.39 is 17.7 Å². The van der Waals surface area contributed by atoms with E-state index in [1.807, 2.05) is 18.2 Å². The number of carbonyl (C=O) groups is 2. The summed E-state index contributed by atoms with van der Waals surface area (Å²) in [5.74, 6) is -1.92. The van der Waals surface area contributed by atoms with Gasteiger partial charge in [-0.3, -0.25) is 4.79 Å². The molecule has 0 aromatic heterocycles. The van der Waals surface area contributed by atoms with Crippen LogP contribution < -0.4 is 15.1 Å². The van der Waals surface area contributed by atoms with Crippen molar-refractivity contribution in [2.75, 3.05) is 41.3 Å². The Morgan fingerprint density at radius 3 is 2.13 bits per heavy atom. The number of amides is 1. The number of nitrogens with one attached hydrogen (secondary N) is 1. The first-order chi connectivity index (χ1) is 15.0. The summed E-state index contributed by atoms with van der Waals surface area (Å²) in [5, 5.41) is 12.4. The molecule has 4 rings (SSSR count). The maximum atomic E-state index is 13.1. The van der Waals surface area contributed by atoms with Gasteiger partial charge in [-0.15, -0.1) is 0 Å². The third-order valence-electron chi connectivity index (χ3n) is 5.33. The van der Waals surface area contributed by atoms with Crippen molar-refractivity contribution in [1.82, 2.24) is 0 Å². The summed E-state index contributed by atoms with van der Waals surface area (Å²) >= 11 is 0. The topological polar surface area (TPSA) is 72.9 Å². The Hall–Kier alpha value is -3.87. The van der Waals surface area contributed by atoms with Gasteiger partial charge in [-0.25, -0.2) is 9.18 Å². The zero-order valence-electron chi connectivity index (χ0n) is 16.8. The Labute approximate surface area is 179 Å². The summed E-state index contributed by atoms with van der Waals surface area (Å²) in [4.78, 5) is 28.6. The quantitative estimate of drug-likeness (QED) is 0.651. The molecule has 31 heavy (non-hydrogen) atoms. The van der Waals surface area contributed by atoms with Crippen molar-refractivity contribution < 1.29 is 19.1 Å². The van der Waals surface area contributed by atoms with Crippen LogP contribution in [-0.4, -0.2) is 43.2 Å². The maximum Gasteiger partial charge on any atom is 0.337 e. The fraction of sp³-hybridized carbons (Fsp3) is 0.167. The van der Waals surface area contributed by atoms with Crippen LogP contribution in [0.25, 0.3) is 0 Å². The van der Waals surface area contributed by atoms with E-state index >= 15 is 0 Å². The number of rotatable bonds is 5. The summed E-state index contributed by atoms with van der Waals surface area (Å²) < 4.78 is 13.1. The molecule has 1 aliphatic rings. The Morgan fingerprint density at radius 1 is 0.839 bits per heavy atom. The molecule has 1 amide bonds. The number of anilines is 3. The number of hydrogen-bond acceptors (Lipinski definition) is 4. The van der Waals surface area contributed by atoms with Crippen molar-refractivity contribution in [2.24, 2.45) is 0 Å². The number of benzene rings is 3. The molecule has 7 heteroatoms. The molecule has 3 aromatic carbocycles. The van der Waals surface area contributed by atoms with Crippen LogP contribution in [0.5, 0.6) is 0 Å². The minimum Gasteiger partial charge on any atom is -0.478 e. The van der Waals surface area contributed by atoms with E-state index in [9.17, 15) is 19.1 Å². The second-order valence-electron chi connectivity index (χ2n) is 7.31. The molecule has 0 spiro atoms. The maximum absolute atomic E-state index is 13.1. The Bertz CT molecular complexity index is 1080. The third-order valence-corrected chi connectivity index (χ3v) is 5.33. The van der Waals surface area contributed by atoms with Crippen molar-refractivity contribution in [3.05, 3.63) is 89.7 Å². The first kappa shape index (κ1) is 20.4. The zero-order chi connectivity index (χ0) is 21.8. The van der Waals surface area contributed by atoms with Gasteiger partial charge in [0.1, 0.15) is 5.82 Å². The predicted octanol–water partition coefficient (Wildman–Crippen LogP) is 4.10. The van der Waals surface area contributed by atoms with E-state index in [1.165, 1.54) is 30.3 Å². The highest BCUT2D eigenvalue weighted by atomic mass is 19.1. The lowest BCUT2D eigenvalue weighted by atomic mass is 10.1. The normalized spacial score (nSPS) is 13.7. The van der Waals surface area contributed by atoms with Gasteiger partial charge in [-0.05, 0) is 54.6 Å². The van der Waals surface area contributed by atoms with Crippen LogP contribution in [0.1, 0.15) is 20.7 Å². The molecule has 0 radical (unpaired) electrons. The van der Waals surface area contributed by atoms with Crippen LogP contribution in [0.15, 0.2) is 72.8 Å². The molecule has 6 nitrogen and oxygen atoms in total. The lowest BCUT2D eigenvalue weighted by Gasteiger charge is -2.38. The molecule has 0 saturated carbocycles. The highest BCUT2D eigenvalue weighted by molar-refractivity contribution is 6.05. The van der Waals surface area contributed by atoms with Crippen LogP contribution in [0.2, 0.25) is 0 Å². The van der Waals surface area contributed by atoms with E-state index in [1.54, 1.807) is 12.1 Å². The number of halogens is 1. The number of carbonyl (C=O) groups excluding carboxylic acids is 1. The molecule has 2 N–H and O–H groups in total. The van der Waals surface area contributed by atoms with Crippen molar-refractivity contribution in [1.29, 1.82) is 0 Å². The predicted molar refractivity (Wildman–Crippen MR) is 119 cm³/mol. The minimum absolute atomic E-state index is 0.130. The largest absolute Gasteiger partial charge is 0.478 e. The lowest BCUT2D eigenvalue weighted by molar-refractivity contribution is 0.0697. The molecule has 1 heterocycles. The van der Waals surface area contributed by atoms with E-state index in [0.717, 1.165) is 18.8 Å². The van der Waals surface area contributed by atoms with Crippen molar-refractivity contribution in [2.45, 2.75) is 0 Å². The van der Waals surface area contributed by atoms with E-state index in [4.69, 9.17) is 0 Å². The molecular weight excluding hydrogens is 397 g/mol. The Morgan fingerprint density at radius 2 is 1.48 bits per heavy atom. The molecule has 1 aliphatic heterocycles. The first-order valence-electron chi connectivity index (χ1n) is 10.0. The van der Waals surface area contributed by atoms with Gasteiger partial charge >= 0.3 is 5.97 Å². The number of carboxylic acids is 1. The average molecular weight is 419 g/mol. The first-order valence-corrected chi connectivity index (χ1v) is 10.0. The molecule has 0 unspecified atom stereocenters. The van der Waals surface area contributed by atoms with Crippen LogP contribution in [0, 0.1) is 5.82 Å².